The van der Waals surface area contributed by atoms with Crippen molar-refractivity contribution in [2.75, 3.05) is 0 Å². The van der Waals surface area contributed by atoms with Crippen molar-refractivity contribution in [2.24, 2.45) is 15.7 Å². The van der Waals surface area contributed by atoms with Crippen molar-refractivity contribution in [1.29, 1.82) is 0 Å². The number of hydrogen-bond acceptors (Lipinski definition) is 3. The van der Waals surface area contributed by atoms with E-state index >= 15 is 0 Å². The zero-order chi connectivity index (χ0) is 5.98. The molecule has 2 N–H and O–H groups in total. The van der Waals surface area contributed by atoms with Gasteiger partial charge in [0.15, 0.2) is 0 Å². The van der Waals surface area contributed by atoms with Crippen molar-refractivity contribution >= 4 is 12.6 Å². The summed E-state index contributed by atoms with van der Waals surface area (Å²) in [5.41, 5.74) is 5.52. The van der Waals surface area contributed by atoms with Crippen LogP contribution in [0.15, 0.2) is 9.98 Å². The molecule has 0 saturated carbocycles. The van der Waals surface area contributed by atoms with Gasteiger partial charge in [-0.3, -0.25) is 4.99 Å². The Morgan fingerprint density at radius 3 is 2.75 bits per heavy atom. The lowest BCUT2D eigenvalue weighted by Crippen LogP contribution is -2.34. The first-order valence-electron chi connectivity index (χ1n) is 2.61. The lowest BCUT2D eigenvalue weighted by Gasteiger charge is -2.12. The van der Waals surface area contributed by atoms with Crippen molar-refractivity contribution in [3.8, 4) is 0 Å². The normalized spacial score (nSPS) is 35.8. The maximum atomic E-state index is 5.52. The van der Waals surface area contributed by atoms with Gasteiger partial charge in [-0.15, -0.1) is 0 Å². The van der Waals surface area contributed by atoms with Crippen molar-refractivity contribution in [3.63, 3.8) is 0 Å². The molecule has 1 heterocycles. The third kappa shape index (κ3) is 0.924. The predicted octanol–water partition coefficient (Wildman–Crippen LogP) is -0.185. The van der Waals surface area contributed by atoms with Gasteiger partial charge in [0, 0.05) is 6.21 Å². The quantitative estimate of drug-likeness (QED) is 0.463. The summed E-state index contributed by atoms with van der Waals surface area (Å²) in [6.07, 6.45) is 3.24. The van der Waals surface area contributed by atoms with Crippen LogP contribution in [0, 0.1) is 0 Å². The van der Waals surface area contributed by atoms with E-state index in [1.165, 1.54) is 6.34 Å². The number of hydrogen-bond donors (Lipinski definition) is 1. The molecular formula is C5H9N3. The molecule has 0 amide bonds. The smallest absolute Gasteiger partial charge is 0.109 e. The molecule has 3 nitrogen and oxygen atoms in total. The molecule has 0 radical (unpaired) electrons. The van der Waals surface area contributed by atoms with Gasteiger partial charge in [0.2, 0.25) is 0 Å². The lowest BCUT2D eigenvalue weighted by atomic mass is 10.2. The van der Waals surface area contributed by atoms with Crippen molar-refractivity contribution < 1.29 is 0 Å². The van der Waals surface area contributed by atoms with E-state index in [2.05, 4.69) is 9.98 Å². The van der Waals surface area contributed by atoms with Crippen LogP contribution in [0.3, 0.4) is 0 Å². The average molecular weight is 111 g/mol. The topological polar surface area (TPSA) is 50.7 Å². The van der Waals surface area contributed by atoms with Crippen LogP contribution in [0.5, 0.6) is 0 Å². The average Bonchev–Trinajstić information content (AvgIpc) is 1.77. The molecule has 0 aromatic heterocycles. The monoisotopic (exact) mass is 111 g/mol. The Morgan fingerprint density at radius 1 is 1.62 bits per heavy atom. The second-order valence-corrected chi connectivity index (χ2v) is 1.88. The molecule has 0 saturated heterocycles. The Morgan fingerprint density at radius 2 is 2.38 bits per heavy atom. The van der Waals surface area contributed by atoms with Crippen molar-refractivity contribution in [3.05, 3.63) is 0 Å². The zero-order valence-corrected chi connectivity index (χ0v) is 4.78. The van der Waals surface area contributed by atoms with Crippen molar-refractivity contribution in [1.82, 2.24) is 0 Å². The van der Waals surface area contributed by atoms with E-state index in [0.29, 0.717) is 0 Å². The largest absolute Gasteiger partial charge is 0.321 e. The molecule has 0 bridgehead atoms. The minimum Gasteiger partial charge on any atom is -0.321 e. The van der Waals surface area contributed by atoms with Gasteiger partial charge in [0.25, 0.3) is 0 Å². The lowest BCUT2D eigenvalue weighted by molar-refractivity contribution is 0.683. The van der Waals surface area contributed by atoms with E-state index in [0.717, 1.165) is 0 Å². The van der Waals surface area contributed by atoms with E-state index in [1.807, 2.05) is 6.92 Å². The van der Waals surface area contributed by atoms with Gasteiger partial charge < -0.3 is 5.73 Å². The predicted molar refractivity (Wildman–Crippen MR) is 34.4 cm³/mol. The Balaban J connectivity index is 2.59. The number of aliphatic imine (C=N–C) groups is 2. The molecule has 0 aromatic carbocycles. The van der Waals surface area contributed by atoms with Gasteiger partial charge in [-0.05, 0) is 6.92 Å². The fraction of sp³-hybridized carbons (Fsp3) is 0.600. The second-order valence-electron chi connectivity index (χ2n) is 1.88. The highest BCUT2D eigenvalue weighted by Gasteiger charge is 2.08. The standard InChI is InChI=1S/C5H9N3/c1-4-5(6)2-7-3-8-4/h2-5H,6H2,1H3. The van der Waals surface area contributed by atoms with Crippen LogP contribution in [-0.4, -0.2) is 24.6 Å². The molecule has 2 unspecified atom stereocenters. The maximum Gasteiger partial charge on any atom is 0.109 e. The highest BCUT2D eigenvalue weighted by atomic mass is 15.0. The third-order valence-corrected chi connectivity index (χ3v) is 1.18. The molecule has 2 atom stereocenters. The summed E-state index contributed by atoms with van der Waals surface area (Å²) in [5, 5.41) is 0. The highest BCUT2D eigenvalue weighted by molar-refractivity contribution is 5.78. The Bertz CT molecular complexity index is 112. The summed E-state index contributed by atoms with van der Waals surface area (Å²) in [6.45, 7) is 1.96. The Hall–Kier alpha value is -0.700. The third-order valence-electron chi connectivity index (χ3n) is 1.18. The van der Waals surface area contributed by atoms with Crippen LogP contribution in [0.2, 0.25) is 0 Å². The van der Waals surface area contributed by atoms with Crippen LogP contribution < -0.4 is 5.73 Å². The molecule has 3 heteroatoms. The zero-order valence-electron chi connectivity index (χ0n) is 4.78. The van der Waals surface area contributed by atoms with Crippen LogP contribution >= 0.6 is 0 Å². The van der Waals surface area contributed by atoms with Gasteiger partial charge >= 0.3 is 0 Å². The first-order chi connectivity index (χ1) is 3.80. The van der Waals surface area contributed by atoms with E-state index in [1.54, 1.807) is 6.21 Å². The van der Waals surface area contributed by atoms with E-state index < -0.39 is 0 Å². The molecule has 0 spiro atoms. The molecule has 0 aromatic rings. The molecule has 1 aliphatic heterocycles. The van der Waals surface area contributed by atoms with Gasteiger partial charge in [-0.2, -0.15) is 0 Å². The van der Waals surface area contributed by atoms with Crippen LogP contribution in [0.1, 0.15) is 6.92 Å². The number of rotatable bonds is 0. The first kappa shape index (κ1) is 5.44. The summed E-state index contributed by atoms with van der Waals surface area (Å²) < 4.78 is 0. The van der Waals surface area contributed by atoms with E-state index in [9.17, 15) is 0 Å². The second kappa shape index (κ2) is 2.05. The van der Waals surface area contributed by atoms with Crippen LogP contribution in [0.25, 0.3) is 0 Å². The summed E-state index contributed by atoms with van der Waals surface area (Å²) in [4.78, 5) is 7.73. The van der Waals surface area contributed by atoms with E-state index in [-0.39, 0.29) is 12.1 Å². The Kier molecular flexibility index (Phi) is 1.39. The number of nitrogens with two attached hydrogens (primary N) is 1. The summed E-state index contributed by atoms with van der Waals surface area (Å²) in [5.74, 6) is 0. The fourth-order valence-electron chi connectivity index (χ4n) is 0.505. The minimum atomic E-state index is 0.0139. The molecular weight excluding hydrogens is 102 g/mol. The van der Waals surface area contributed by atoms with Gasteiger partial charge in [-0.25, -0.2) is 4.99 Å². The summed E-state index contributed by atoms with van der Waals surface area (Å²) in [7, 11) is 0. The maximum absolute atomic E-state index is 5.52. The molecule has 0 fully saturated rings. The molecule has 8 heavy (non-hydrogen) atoms. The fourth-order valence-corrected chi connectivity index (χ4v) is 0.505. The van der Waals surface area contributed by atoms with Crippen LogP contribution in [-0.2, 0) is 0 Å². The molecule has 0 aliphatic carbocycles. The minimum absolute atomic E-state index is 0.0139. The van der Waals surface area contributed by atoms with Gasteiger partial charge in [-0.1, -0.05) is 0 Å². The highest BCUT2D eigenvalue weighted by Crippen LogP contribution is 1.95. The summed E-state index contributed by atoms with van der Waals surface area (Å²) in [6, 6.07) is 0.215. The SMILES string of the molecule is CC1N=CN=CC1N. The van der Waals surface area contributed by atoms with Crippen molar-refractivity contribution in [2.45, 2.75) is 19.0 Å². The molecule has 1 rings (SSSR count). The molecule has 44 valence electrons. The first-order valence-corrected chi connectivity index (χ1v) is 2.61. The van der Waals surface area contributed by atoms with Gasteiger partial charge in [0.1, 0.15) is 6.34 Å². The summed E-state index contributed by atoms with van der Waals surface area (Å²) >= 11 is 0. The van der Waals surface area contributed by atoms with Gasteiger partial charge in [0.05, 0.1) is 12.1 Å². The Labute approximate surface area is 48.3 Å². The number of nitrogens with zero attached hydrogens (tertiary/aromatic N) is 2. The van der Waals surface area contributed by atoms with Crippen LogP contribution in [0.4, 0.5) is 0 Å². The van der Waals surface area contributed by atoms with E-state index in [4.69, 9.17) is 5.73 Å². The molecule has 1 aliphatic rings.